The molecule has 0 bridgehead atoms. The SMILES string of the molecule is Cc1nc(CCC(C)C)nc(C)c1CCNC1CC1. The molecule has 0 aliphatic heterocycles. The van der Waals surface area contributed by atoms with Gasteiger partial charge in [-0.15, -0.1) is 0 Å². The second-order valence-electron chi connectivity index (χ2n) is 6.20. The van der Waals surface area contributed by atoms with E-state index in [1.165, 1.54) is 36.2 Å². The number of rotatable bonds is 7. The van der Waals surface area contributed by atoms with Crippen LogP contribution in [0.1, 0.15) is 55.9 Å². The zero-order valence-electron chi connectivity index (χ0n) is 12.8. The molecule has 1 aliphatic carbocycles. The molecular weight excluding hydrogens is 234 g/mol. The summed E-state index contributed by atoms with van der Waals surface area (Å²) in [6.07, 6.45) is 5.92. The maximum atomic E-state index is 4.68. The van der Waals surface area contributed by atoms with Crippen LogP contribution in [-0.4, -0.2) is 22.6 Å². The van der Waals surface area contributed by atoms with Crippen molar-refractivity contribution in [3.05, 3.63) is 22.8 Å². The molecule has 19 heavy (non-hydrogen) atoms. The van der Waals surface area contributed by atoms with Gasteiger partial charge in [0.25, 0.3) is 0 Å². The van der Waals surface area contributed by atoms with Gasteiger partial charge in [-0.1, -0.05) is 13.8 Å². The van der Waals surface area contributed by atoms with E-state index in [9.17, 15) is 0 Å². The molecule has 0 amide bonds. The third kappa shape index (κ3) is 4.57. The second-order valence-corrected chi connectivity index (χ2v) is 6.20. The van der Waals surface area contributed by atoms with E-state index in [0.29, 0.717) is 5.92 Å². The fraction of sp³-hybridized carbons (Fsp3) is 0.750. The fourth-order valence-electron chi connectivity index (χ4n) is 2.39. The lowest BCUT2D eigenvalue weighted by Crippen LogP contribution is -2.20. The molecule has 1 N–H and O–H groups in total. The summed E-state index contributed by atoms with van der Waals surface area (Å²) in [5, 5.41) is 3.56. The molecule has 0 radical (unpaired) electrons. The number of aromatic nitrogens is 2. The predicted octanol–water partition coefficient (Wildman–Crippen LogP) is 2.98. The van der Waals surface area contributed by atoms with Crippen molar-refractivity contribution in [1.82, 2.24) is 15.3 Å². The van der Waals surface area contributed by atoms with Crippen LogP contribution in [0.5, 0.6) is 0 Å². The Morgan fingerprint density at radius 1 is 1.11 bits per heavy atom. The lowest BCUT2D eigenvalue weighted by Gasteiger charge is -2.12. The third-order valence-electron chi connectivity index (χ3n) is 3.80. The van der Waals surface area contributed by atoms with Gasteiger partial charge in [-0.05, 0) is 57.6 Å². The van der Waals surface area contributed by atoms with Gasteiger partial charge < -0.3 is 5.32 Å². The maximum Gasteiger partial charge on any atom is 0.128 e. The van der Waals surface area contributed by atoms with Crippen molar-refractivity contribution in [2.75, 3.05) is 6.54 Å². The molecule has 1 saturated carbocycles. The summed E-state index contributed by atoms with van der Waals surface area (Å²) in [7, 11) is 0. The molecule has 0 atom stereocenters. The standard InChI is InChI=1S/C16H27N3/c1-11(2)5-8-16-18-12(3)15(13(4)19-16)9-10-17-14-6-7-14/h11,14,17H,5-10H2,1-4H3. The molecule has 0 saturated heterocycles. The van der Waals surface area contributed by atoms with E-state index in [-0.39, 0.29) is 0 Å². The zero-order chi connectivity index (χ0) is 13.8. The van der Waals surface area contributed by atoms with Gasteiger partial charge in [0, 0.05) is 23.9 Å². The largest absolute Gasteiger partial charge is 0.314 e. The minimum Gasteiger partial charge on any atom is -0.314 e. The van der Waals surface area contributed by atoms with E-state index < -0.39 is 0 Å². The Balaban J connectivity index is 1.94. The van der Waals surface area contributed by atoms with E-state index >= 15 is 0 Å². The van der Waals surface area contributed by atoms with Gasteiger partial charge in [0.15, 0.2) is 0 Å². The summed E-state index contributed by atoms with van der Waals surface area (Å²) in [4.78, 5) is 9.36. The minimum absolute atomic E-state index is 0.714. The van der Waals surface area contributed by atoms with E-state index in [4.69, 9.17) is 0 Å². The Hall–Kier alpha value is -0.960. The molecule has 0 unspecified atom stereocenters. The summed E-state index contributed by atoms with van der Waals surface area (Å²) in [6.45, 7) is 9.80. The van der Waals surface area contributed by atoms with Crippen molar-refractivity contribution in [3.8, 4) is 0 Å². The van der Waals surface area contributed by atoms with Crippen LogP contribution >= 0.6 is 0 Å². The van der Waals surface area contributed by atoms with Gasteiger partial charge in [-0.25, -0.2) is 9.97 Å². The molecule has 106 valence electrons. The molecule has 3 heteroatoms. The van der Waals surface area contributed by atoms with Crippen LogP contribution in [0.3, 0.4) is 0 Å². The first-order valence-corrected chi connectivity index (χ1v) is 7.62. The van der Waals surface area contributed by atoms with E-state index in [1.54, 1.807) is 0 Å². The van der Waals surface area contributed by atoms with Crippen LogP contribution in [0, 0.1) is 19.8 Å². The average molecular weight is 261 g/mol. The molecular formula is C16H27N3. The van der Waals surface area contributed by atoms with Crippen molar-refractivity contribution >= 4 is 0 Å². The number of aryl methyl sites for hydroxylation is 3. The molecule has 2 rings (SSSR count). The van der Waals surface area contributed by atoms with Crippen LogP contribution in [0.2, 0.25) is 0 Å². The van der Waals surface area contributed by atoms with Crippen molar-refractivity contribution in [2.24, 2.45) is 5.92 Å². The van der Waals surface area contributed by atoms with Crippen LogP contribution in [0.4, 0.5) is 0 Å². The van der Waals surface area contributed by atoms with E-state index in [2.05, 4.69) is 43.0 Å². The Morgan fingerprint density at radius 3 is 2.26 bits per heavy atom. The summed E-state index contributed by atoms with van der Waals surface area (Å²) in [5.74, 6) is 1.73. The van der Waals surface area contributed by atoms with Crippen molar-refractivity contribution in [3.63, 3.8) is 0 Å². The quantitative estimate of drug-likeness (QED) is 0.820. The van der Waals surface area contributed by atoms with Crippen LogP contribution in [0.25, 0.3) is 0 Å². The molecule has 1 fully saturated rings. The van der Waals surface area contributed by atoms with Gasteiger partial charge in [0.05, 0.1) is 0 Å². The normalized spacial score (nSPS) is 15.2. The van der Waals surface area contributed by atoms with Crippen LogP contribution in [0.15, 0.2) is 0 Å². The molecule has 3 nitrogen and oxygen atoms in total. The third-order valence-corrected chi connectivity index (χ3v) is 3.80. The van der Waals surface area contributed by atoms with Gasteiger partial charge in [0.1, 0.15) is 5.82 Å². The number of nitrogens with one attached hydrogen (secondary N) is 1. The lowest BCUT2D eigenvalue weighted by atomic mass is 10.1. The van der Waals surface area contributed by atoms with Crippen LogP contribution in [-0.2, 0) is 12.8 Å². The van der Waals surface area contributed by atoms with Gasteiger partial charge in [-0.3, -0.25) is 0 Å². The van der Waals surface area contributed by atoms with Crippen molar-refractivity contribution < 1.29 is 0 Å². The topological polar surface area (TPSA) is 37.8 Å². The van der Waals surface area contributed by atoms with Crippen LogP contribution < -0.4 is 5.32 Å². The summed E-state index contributed by atoms with van der Waals surface area (Å²) >= 11 is 0. The molecule has 1 heterocycles. The Morgan fingerprint density at radius 2 is 1.74 bits per heavy atom. The Labute approximate surface area is 117 Å². The Kier molecular flexibility index (Phi) is 4.92. The molecule has 0 spiro atoms. The zero-order valence-corrected chi connectivity index (χ0v) is 12.8. The second kappa shape index (κ2) is 6.47. The Bertz CT molecular complexity index is 399. The number of nitrogens with zero attached hydrogens (tertiary/aromatic N) is 2. The fourth-order valence-corrected chi connectivity index (χ4v) is 2.39. The summed E-state index contributed by atoms with van der Waals surface area (Å²) in [5.41, 5.74) is 3.68. The van der Waals surface area contributed by atoms with E-state index in [1.807, 2.05) is 0 Å². The monoisotopic (exact) mass is 261 g/mol. The first kappa shape index (κ1) is 14.4. The molecule has 1 aromatic heterocycles. The number of hydrogen-bond acceptors (Lipinski definition) is 3. The van der Waals surface area contributed by atoms with Gasteiger partial charge in [-0.2, -0.15) is 0 Å². The first-order chi connectivity index (χ1) is 9.06. The van der Waals surface area contributed by atoms with Gasteiger partial charge in [0.2, 0.25) is 0 Å². The van der Waals surface area contributed by atoms with E-state index in [0.717, 1.165) is 31.3 Å². The highest BCUT2D eigenvalue weighted by atomic mass is 14.9. The predicted molar refractivity (Wildman–Crippen MR) is 79.4 cm³/mol. The number of hydrogen-bond donors (Lipinski definition) is 1. The average Bonchev–Trinajstić information content (AvgIpc) is 3.14. The summed E-state index contributed by atoms with van der Waals surface area (Å²) in [6, 6.07) is 0.784. The van der Waals surface area contributed by atoms with Crippen molar-refractivity contribution in [2.45, 2.75) is 65.8 Å². The minimum atomic E-state index is 0.714. The highest BCUT2D eigenvalue weighted by Gasteiger charge is 2.20. The first-order valence-electron chi connectivity index (χ1n) is 7.62. The molecule has 0 aromatic carbocycles. The highest BCUT2D eigenvalue weighted by Crippen LogP contribution is 2.19. The molecule has 1 aromatic rings. The van der Waals surface area contributed by atoms with Gasteiger partial charge >= 0.3 is 0 Å². The maximum absolute atomic E-state index is 4.68. The lowest BCUT2D eigenvalue weighted by molar-refractivity contribution is 0.572. The highest BCUT2D eigenvalue weighted by molar-refractivity contribution is 5.24. The van der Waals surface area contributed by atoms with Crippen molar-refractivity contribution in [1.29, 1.82) is 0 Å². The summed E-state index contributed by atoms with van der Waals surface area (Å²) < 4.78 is 0. The molecule has 1 aliphatic rings. The smallest absolute Gasteiger partial charge is 0.128 e.